The van der Waals surface area contributed by atoms with Gasteiger partial charge in [-0.05, 0) is 67.4 Å². The number of benzene rings is 3. The molecule has 3 aromatic rings. The molecule has 0 bridgehead atoms. The minimum Gasteiger partial charge on any atom is -0.436 e. The van der Waals surface area contributed by atoms with Crippen molar-refractivity contribution in [1.82, 2.24) is 5.32 Å². The summed E-state index contributed by atoms with van der Waals surface area (Å²) in [4.78, 5) is 40.1. The molecule has 196 valence electrons. The van der Waals surface area contributed by atoms with E-state index in [9.17, 15) is 14.4 Å². The molecule has 0 aromatic heterocycles. The summed E-state index contributed by atoms with van der Waals surface area (Å²) in [7, 11) is 0. The van der Waals surface area contributed by atoms with Gasteiger partial charge in [-0.25, -0.2) is 9.69 Å². The van der Waals surface area contributed by atoms with E-state index in [-0.39, 0.29) is 5.91 Å². The Kier molecular flexibility index (Phi) is 7.35. The van der Waals surface area contributed by atoms with E-state index in [2.05, 4.69) is 16.0 Å². The quantitative estimate of drug-likeness (QED) is 0.409. The molecule has 5 rings (SSSR count). The molecule has 8 nitrogen and oxygen atoms in total. The normalized spacial score (nSPS) is 19.3. The molecule has 0 unspecified atom stereocenters. The lowest BCUT2D eigenvalue weighted by Crippen LogP contribution is -2.57. The maximum Gasteiger partial charge on any atom is 0.422 e. The van der Waals surface area contributed by atoms with Crippen LogP contribution in [0.4, 0.5) is 21.9 Å². The topological polar surface area (TPSA) is 99.8 Å². The smallest absolute Gasteiger partial charge is 0.422 e. The highest BCUT2D eigenvalue weighted by molar-refractivity contribution is 6.31. The second-order valence-electron chi connectivity index (χ2n) is 9.62. The van der Waals surface area contributed by atoms with Crippen molar-refractivity contribution < 1.29 is 19.1 Å². The number of amides is 3. The molecule has 2 aliphatic heterocycles. The zero-order valence-corrected chi connectivity index (χ0v) is 21.8. The highest BCUT2D eigenvalue weighted by Gasteiger charge is 2.48. The SMILES string of the molecule is CC(=O)Nc1ccc(N[C@@H](Cc2ccccc2)C(=O)N2C(=O)O[C@]3(CCCNC3)c3cc(Cl)ccc32)cc1. The Hall–Kier alpha value is -3.88. The molecular weight excluding hydrogens is 504 g/mol. The number of fused-ring (bicyclic) bond motifs is 2. The fourth-order valence-corrected chi connectivity index (χ4v) is 5.27. The fourth-order valence-electron chi connectivity index (χ4n) is 5.10. The molecule has 2 aliphatic rings. The molecule has 3 amide bonds. The highest BCUT2D eigenvalue weighted by Crippen LogP contribution is 2.44. The number of hydrogen-bond acceptors (Lipinski definition) is 6. The summed E-state index contributed by atoms with van der Waals surface area (Å²) < 4.78 is 6.01. The van der Waals surface area contributed by atoms with E-state index in [0.717, 1.165) is 29.0 Å². The summed E-state index contributed by atoms with van der Waals surface area (Å²) in [6.45, 7) is 2.74. The number of halogens is 1. The first-order valence-electron chi connectivity index (χ1n) is 12.6. The van der Waals surface area contributed by atoms with Gasteiger partial charge in [0.05, 0.1) is 5.69 Å². The fraction of sp³-hybridized carbons (Fsp3) is 0.276. The van der Waals surface area contributed by atoms with Crippen LogP contribution >= 0.6 is 11.6 Å². The molecule has 9 heteroatoms. The molecule has 2 heterocycles. The lowest BCUT2D eigenvalue weighted by molar-refractivity contribution is -0.120. The Morgan fingerprint density at radius 1 is 1.08 bits per heavy atom. The number of nitrogens with zero attached hydrogens (tertiary/aromatic N) is 1. The minimum atomic E-state index is -0.867. The molecule has 3 aromatic carbocycles. The van der Waals surface area contributed by atoms with Crippen molar-refractivity contribution in [1.29, 1.82) is 0 Å². The number of piperidine rings is 1. The van der Waals surface area contributed by atoms with Crippen LogP contribution in [0.3, 0.4) is 0 Å². The Balaban J connectivity index is 1.49. The Morgan fingerprint density at radius 3 is 2.50 bits per heavy atom. The van der Waals surface area contributed by atoms with Gasteiger partial charge in [0.1, 0.15) is 6.04 Å². The molecule has 1 spiro atoms. The zero-order valence-electron chi connectivity index (χ0n) is 21.0. The first kappa shape index (κ1) is 25.8. The van der Waals surface area contributed by atoms with E-state index in [0.29, 0.717) is 41.5 Å². The van der Waals surface area contributed by atoms with E-state index < -0.39 is 23.6 Å². The summed E-state index contributed by atoms with van der Waals surface area (Å²) >= 11 is 6.36. The van der Waals surface area contributed by atoms with Gasteiger partial charge in [0.15, 0.2) is 5.60 Å². The first-order chi connectivity index (χ1) is 18.3. The van der Waals surface area contributed by atoms with Crippen LogP contribution < -0.4 is 20.9 Å². The van der Waals surface area contributed by atoms with Crippen LogP contribution in [0.1, 0.15) is 30.9 Å². The minimum absolute atomic E-state index is 0.170. The van der Waals surface area contributed by atoms with E-state index in [1.54, 1.807) is 42.5 Å². The summed E-state index contributed by atoms with van der Waals surface area (Å²) in [5, 5.41) is 9.84. The Labute approximate surface area is 226 Å². The number of hydrogen-bond donors (Lipinski definition) is 3. The molecule has 2 atom stereocenters. The van der Waals surface area contributed by atoms with Gasteiger partial charge >= 0.3 is 6.09 Å². The monoisotopic (exact) mass is 532 g/mol. The molecule has 3 N–H and O–H groups in total. The number of carbonyl (C=O) groups excluding carboxylic acids is 3. The van der Waals surface area contributed by atoms with Crippen molar-refractivity contribution in [2.24, 2.45) is 0 Å². The van der Waals surface area contributed by atoms with Gasteiger partial charge in [0.25, 0.3) is 5.91 Å². The number of imide groups is 1. The van der Waals surface area contributed by atoms with Crippen molar-refractivity contribution in [2.75, 3.05) is 28.6 Å². The lowest BCUT2D eigenvalue weighted by atomic mass is 9.84. The maximum atomic E-state index is 14.1. The summed E-state index contributed by atoms with van der Waals surface area (Å²) in [6, 6.07) is 21.1. The molecular formula is C29H29ClN4O4. The predicted molar refractivity (Wildman–Crippen MR) is 148 cm³/mol. The molecule has 0 saturated carbocycles. The molecule has 0 radical (unpaired) electrons. The second kappa shape index (κ2) is 10.8. The van der Waals surface area contributed by atoms with Gasteiger partial charge < -0.3 is 20.7 Å². The van der Waals surface area contributed by atoms with Gasteiger partial charge in [-0.15, -0.1) is 0 Å². The van der Waals surface area contributed by atoms with E-state index in [4.69, 9.17) is 16.3 Å². The van der Waals surface area contributed by atoms with Gasteiger partial charge in [-0.3, -0.25) is 9.59 Å². The summed E-state index contributed by atoms with van der Waals surface area (Å²) in [6.07, 6.45) is 1.12. The third-order valence-electron chi connectivity index (χ3n) is 6.85. The first-order valence-corrected chi connectivity index (χ1v) is 13.0. The van der Waals surface area contributed by atoms with Crippen molar-refractivity contribution in [3.63, 3.8) is 0 Å². The van der Waals surface area contributed by atoms with Crippen LogP contribution in [0.5, 0.6) is 0 Å². The molecule has 1 saturated heterocycles. The third-order valence-corrected chi connectivity index (χ3v) is 7.08. The van der Waals surface area contributed by atoms with Crippen LogP contribution in [-0.2, 0) is 26.3 Å². The highest BCUT2D eigenvalue weighted by atomic mass is 35.5. The number of nitrogens with one attached hydrogen (secondary N) is 3. The Bertz CT molecular complexity index is 1340. The number of anilines is 3. The standard InChI is InChI=1S/C29H29ClN4O4/c1-19(35)32-22-9-11-23(12-10-22)33-25(16-20-6-3-2-4-7-20)27(36)34-26-13-8-21(30)17-24(26)29(38-28(34)37)14-5-15-31-18-29/h2-4,6-13,17,25,31,33H,5,14-16,18H2,1H3,(H,32,35)/t25-,29-/m0/s1. The lowest BCUT2D eigenvalue weighted by Gasteiger charge is -2.44. The third kappa shape index (κ3) is 5.37. The number of rotatable bonds is 6. The van der Waals surface area contributed by atoms with Crippen LogP contribution in [0.15, 0.2) is 72.8 Å². The van der Waals surface area contributed by atoms with Crippen LogP contribution in [-0.4, -0.2) is 37.0 Å². The van der Waals surface area contributed by atoms with E-state index >= 15 is 0 Å². The van der Waals surface area contributed by atoms with Crippen LogP contribution in [0.2, 0.25) is 5.02 Å². The van der Waals surface area contributed by atoms with Crippen molar-refractivity contribution in [3.8, 4) is 0 Å². The van der Waals surface area contributed by atoms with Crippen molar-refractivity contribution >= 4 is 46.6 Å². The largest absolute Gasteiger partial charge is 0.436 e. The number of carbonyl (C=O) groups is 3. The van der Waals surface area contributed by atoms with Crippen LogP contribution in [0, 0.1) is 0 Å². The van der Waals surface area contributed by atoms with Crippen LogP contribution in [0.25, 0.3) is 0 Å². The number of ether oxygens (including phenoxy) is 1. The van der Waals surface area contributed by atoms with Crippen molar-refractivity contribution in [3.05, 3.63) is 88.9 Å². The zero-order chi connectivity index (χ0) is 26.7. The maximum absolute atomic E-state index is 14.1. The van der Waals surface area contributed by atoms with Crippen molar-refractivity contribution in [2.45, 2.75) is 37.8 Å². The Morgan fingerprint density at radius 2 is 1.82 bits per heavy atom. The second-order valence-corrected chi connectivity index (χ2v) is 10.1. The molecule has 0 aliphatic carbocycles. The average molecular weight is 533 g/mol. The molecule has 1 fully saturated rings. The van der Waals surface area contributed by atoms with E-state index in [1.807, 2.05) is 30.3 Å². The van der Waals surface area contributed by atoms with Gasteiger partial charge in [-0.2, -0.15) is 0 Å². The summed E-state index contributed by atoms with van der Waals surface area (Å²) in [5.41, 5.74) is 2.59. The molecule has 38 heavy (non-hydrogen) atoms. The van der Waals surface area contributed by atoms with Gasteiger partial charge in [0.2, 0.25) is 5.91 Å². The van der Waals surface area contributed by atoms with Gasteiger partial charge in [0, 0.05) is 41.9 Å². The van der Waals surface area contributed by atoms with E-state index in [1.165, 1.54) is 6.92 Å². The average Bonchev–Trinajstić information content (AvgIpc) is 2.90. The summed E-state index contributed by atoms with van der Waals surface area (Å²) in [5.74, 6) is -0.608. The van der Waals surface area contributed by atoms with Gasteiger partial charge in [-0.1, -0.05) is 41.9 Å². The predicted octanol–water partition coefficient (Wildman–Crippen LogP) is 5.08.